The van der Waals surface area contributed by atoms with Crippen molar-refractivity contribution in [3.8, 4) is 5.75 Å². The van der Waals surface area contributed by atoms with E-state index in [1.54, 1.807) is 0 Å². The number of nitrogens with two attached hydrogens (primary N) is 1. The molecule has 0 aliphatic carbocycles. The van der Waals surface area contributed by atoms with E-state index in [1.807, 2.05) is 0 Å². The molecule has 0 unspecified atom stereocenters. The second-order valence-electron chi connectivity index (χ2n) is 6.39. The number of benzene rings is 1. The number of rotatable bonds is 8. The third kappa shape index (κ3) is 5.16. The van der Waals surface area contributed by atoms with Crippen molar-refractivity contribution < 1.29 is 4.74 Å². The number of aryl methyl sites for hydroxylation is 1. The van der Waals surface area contributed by atoms with Gasteiger partial charge >= 0.3 is 0 Å². The highest BCUT2D eigenvalue weighted by atomic mass is 16.5. The molecule has 0 spiro atoms. The van der Waals surface area contributed by atoms with Crippen molar-refractivity contribution in [3.63, 3.8) is 0 Å². The van der Waals surface area contributed by atoms with Crippen LogP contribution < -0.4 is 10.5 Å². The lowest BCUT2D eigenvalue weighted by Crippen LogP contribution is -2.07. The van der Waals surface area contributed by atoms with Gasteiger partial charge in [0.2, 0.25) is 0 Å². The van der Waals surface area contributed by atoms with E-state index < -0.39 is 0 Å². The van der Waals surface area contributed by atoms with Gasteiger partial charge in [-0.3, -0.25) is 0 Å². The van der Waals surface area contributed by atoms with E-state index in [4.69, 9.17) is 10.5 Å². The molecule has 0 bridgehead atoms. The molecule has 0 aliphatic heterocycles. The van der Waals surface area contributed by atoms with Crippen LogP contribution in [0.5, 0.6) is 5.75 Å². The van der Waals surface area contributed by atoms with Crippen LogP contribution in [0.25, 0.3) is 0 Å². The van der Waals surface area contributed by atoms with Gasteiger partial charge in [0.25, 0.3) is 0 Å². The first kappa shape index (κ1) is 17.0. The number of ether oxygens (including phenoxy) is 1. The molecule has 2 N–H and O–H groups in total. The SMILES string of the molecule is Cc1cc(OCCCC(C)C)c(C(C)C)cc1CCN. The number of hydrogen-bond acceptors (Lipinski definition) is 2. The summed E-state index contributed by atoms with van der Waals surface area (Å²) in [5.74, 6) is 2.28. The van der Waals surface area contributed by atoms with Crippen molar-refractivity contribution in [2.75, 3.05) is 13.2 Å². The Morgan fingerprint density at radius 3 is 2.40 bits per heavy atom. The first-order valence-corrected chi connectivity index (χ1v) is 7.92. The molecule has 0 heterocycles. The van der Waals surface area contributed by atoms with Crippen LogP contribution in [0.15, 0.2) is 12.1 Å². The van der Waals surface area contributed by atoms with E-state index in [0.717, 1.165) is 31.1 Å². The Labute approximate surface area is 124 Å². The molecule has 1 aromatic carbocycles. The zero-order valence-corrected chi connectivity index (χ0v) is 13.8. The quantitative estimate of drug-likeness (QED) is 0.713. The van der Waals surface area contributed by atoms with Gasteiger partial charge in [0.15, 0.2) is 0 Å². The third-order valence-electron chi connectivity index (χ3n) is 3.69. The summed E-state index contributed by atoms with van der Waals surface area (Å²) in [4.78, 5) is 0. The highest BCUT2D eigenvalue weighted by Crippen LogP contribution is 2.30. The first-order chi connectivity index (χ1) is 9.45. The van der Waals surface area contributed by atoms with Crippen LogP contribution in [0.1, 0.15) is 63.1 Å². The Morgan fingerprint density at radius 1 is 1.15 bits per heavy atom. The highest BCUT2D eigenvalue weighted by molar-refractivity contribution is 5.44. The maximum Gasteiger partial charge on any atom is 0.123 e. The van der Waals surface area contributed by atoms with Gasteiger partial charge in [0, 0.05) is 0 Å². The van der Waals surface area contributed by atoms with Gasteiger partial charge in [-0.25, -0.2) is 0 Å². The minimum absolute atomic E-state index is 0.479. The predicted molar refractivity (Wildman–Crippen MR) is 87.6 cm³/mol. The normalized spacial score (nSPS) is 11.4. The molecule has 0 atom stereocenters. The zero-order valence-electron chi connectivity index (χ0n) is 13.8. The van der Waals surface area contributed by atoms with E-state index in [0.29, 0.717) is 12.5 Å². The van der Waals surface area contributed by atoms with E-state index in [1.165, 1.54) is 23.1 Å². The monoisotopic (exact) mass is 277 g/mol. The van der Waals surface area contributed by atoms with Gasteiger partial charge in [-0.05, 0) is 67.3 Å². The van der Waals surface area contributed by atoms with Crippen molar-refractivity contribution in [1.82, 2.24) is 0 Å². The van der Waals surface area contributed by atoms with Crippen LogP contribution >= 0.6 is 0 Å². The molecule has 0 fully saturated rings. The largest absolute Gasteiger partial charge is 0.493 e. The van der Waals surface area contributed by atoms with Gasteiger partial charge in [0.05, 0.1) is 6.61 Å². The summed E-state index contributed by atoms with van der Waals surface area (Å²) >= 11 is 0. The molecular formula is C18H31NO. The molecule has 0 aromatic heterocycles. The first-order valence-electron chi connectivity index (χ1n) is 7.92. The summed E-state index contributed by atoms with van der Waals surface area (Å²) < 4.78 is 6.03. The molecule has 20 heavy (non-hydrogen) atoms. The van der Waals surface area contributed by atoms with E-state index >= 15 is 0 Å². The summed E-state index contributed by atoms with van der Waals surface area (Å²) in [5.41, 5.74) is 9.64. The predicted octanol–water partition coefficient (Wildman–Crippen LogP) is 4.43. The van der Waals surface area contributed by atoms with Crippen molar-refractivity contribution in [3.05, 3.63) is 28.8 Å². The van der Waals surface area contributed by atoms with Crippen LogP contribution in [0.2, 0.25) is 0 Å². The van der Waals surface area contributed by atoms with E-state index in [9.17, 15) is 0 Å². The van der Waals surface area contributed by atoms with Crippen LogP contribution in [-0.2, 0) is 6.42 Å². The third-order valence-corrected chi connectivity index (χ3v) is 3.69. The second-order valence-corrected chi connectivity index (χ2v) is 6.39. The Bertz CT molecular complexity index is 410. The lowest BCUT2D eigenvalue weighted by Gasteiger charge is -2.18. The molecule has 2 heteroatoms. The lowest BCUT2D eigenvalue weighted by atomic mass is 9.95. The topological polar surface area (TPSA) is 35.2 Å². The number of hydrogen-bond donors (Lipinski definition) is 1. The van der Waals surface area contributed by atoms with Gasteiger partial charge < -0.3 is 10.5 Å². The van der Waals surface area contributed by atoms with Gasteiger partial charge in [-0.15, -0.1) is 0 Å². The molecule has 0 saturated carbocycles. The Hall–Kier alpha value is -1.02. The zero-order chi connectivity index (χ0) is 15.1. The van der Waals surface area contributed by atoms with E-state index in [2.05, 4.69) is 46.8 Å². The Morgan fingerprint density at radius 2 is 1.85 bits per heavy atom. The minimum atomic E-state index is 0.479. The molecule has 0 saturated heterocycles. The summed E-state index contributed by atoms with van der Waals surface area (Å²) in [6.45, 7) is 12.6. The summed E-state index contributed by atoms with van der Waals surface area (Å²) in [6.07, 6.45) is 3.29. The fourth-order valence-corrected chi connectivity index (χ4v) is 2.42. The molecule has 0 amide bonds. The lowest BCUT2D eigenvalue weighted by molar-refractivity contribution is 0.294. The standard InChI is InChI=1S/C18H31NO/c1-13(2)7-6-10-20-18-11-15(5)16(8-9-19)12-17(18)14(3)4/h11-14H,6-10,19H2,1-5H3. The minimum Gasteiger partial charge on any atom is -0.493 e. The average molecular weight is 277 g/mol. The van der Waals surface area contributed by atoms with Crippen molar-refractivity contribution in [2.24, 2.45) is 11.7 Å². The van der Waals surface area contributed by atoms with Gasteiger partial charge in [0.1, 0.15) is 5.75 Å². The molecular weight excluding hydrogens is 246 g/mol. The Balaban J connectivity index is 2.80. The molecule has 0 aliphatic rings. The van der Waals surface area contributed by atoms with Crippen molar-refractivity contribution in [2.45, 2.75) is 59.8 Å². The van der Waals surface area contributed by atoms with Gasteiger partial charge in [-0.2, -0.15) is 0 Å². The molecule has 0 radical (unpaired) electrons. The summed E-state index contributed by atoms with van der Waals surface area (Å²) in [6, 6.07) is 4.47. The summed E-state index contributed by atoms with van der Waals surface area (Å²) in [5, 5.41) is 0. The smallest absolute Gasteiger partial charge is 0.123 e. The second kappa shape index (κ2) is 8.31. The van der Waals surface area contributed by atoms with Crippen molar-refractivity contribution in [1.29, 1.82) is 0 Å². The van der Waals surface area contributed by atoms with Gasteiger partial charge in [-0.1, -0.05) is 33.8 Å². The molecule has 1 rings (SSSR count). The fraction of sp³-hybridized carbons (Fsp3) is 0.667. The van der Waals surface area contributed by atoms with Crippen LogP contribution in [0.4, 0.5) is 0 Å². The highest BCUT2D eigenvalue weighted by Gasteiger charge is 2.11. The summed E-state index contributed by atoms with van der Waals surface area (Å²) in [7, 11) is 0. The van der Waals surface area contributed by atoms with Crippen LogP contribution in [0, 0.1) is 12.8 Å². The molecule has 2 nitrogen and oxygen atoms in total. The van der Waals surface area contributed by atoms with Crippen molar-refractivity contribution >= 4 is 0 Å². The molecule has 1 aromatic rings. The fourth-order valence-electron chi connectivity index (χ4n) is 2.42. The maximum atomic E-state index is 6.03. The average Bonchev–Trinajstić information content (AvgIpc) is 2.37. The van der Waals surface area contributed by atoms with Crippen LogP contribution in [0.3, 0.4) is 0 Å². The Kier molecular flexibility index (Phi) is 7.08. The van der Waals surface area contributed by atoms with Crippen LogP contribution in [-0.4, -0.2) is 13.2 Å². The molecule has 114 valence electrons. The van der Waals surface area contributed by atoms with E-state index in [-0.39, 0.29) is 0 Å². The maximum absolute atomic E-state index is 6.03.